The first-order chi connectivity index (χ1) is 11.6. The Morgan fingerprint density at radius 2 is 2.08 bits per heavy atom. The molecule has 1 amide bonds. The smallest absolute Gasteiger partial charge is 0.255 e. The summed E-state index contributed by atoms with van der Waals surface area (Å²) in [5.41, 5.74) is 2.11. The number of aliphatic hydroxyl groups excluding tert-OH is 1. The molecular formula is C19H21ClN2O2. The number of likely N-dealkylation sites (tertiary alicyclic amines) is 1. The van der Waals surface area contributed by atoms with E-state index in [1.807, 2.05) is 35.2 Å². The van der Waals surface area contributed by atoms with Crippen molar-refractivity contribution in [1.29, 1.82) is 0 Å². The van der Waals surface area contributed by atoms with E-state index in [1.165, 1.54) is 0 Å². The maximum atomic E-state index is 12.9. The van der Waals surface area contributed by atoms with Crippen LogP contribution in [-0.2, 0) is 0 Å². The number of aryl methyl sites for hydroxylation is 1. The molecule has 0 spiro atoms. The highest BCUT2D eigenvalue weighted by molar-refractivity contribution is 6.29. The summed E-state index contributed by atoms with van der Waals surface area (Å²) < 4.78 is 0. The van der Waals surface area contributed by atoms with Gasteiger partial charge in [0.05, 0.1) is 17.4 Å². The topological polar surface area (TPSA) is 53.4 Å². The van der Waals surface area contributed by atoms with E-state index >= 15 is 0 Å². The molecule has 2 aromatic rings. The second-order valence-corrected chi connectivity index (χ2v) is 6.61. The molecule has 1 fully saturated rings. The molecule has 5 heteroatoms. The summed E-state index contributed by atoms with van der Waals surface area (Å²) in [5.74, 6) is -0.0283. The Bertz CT molecular complexity index is 721. The van der Waals surface area contributed by atoms with Crippen molar-refractivity contribution in [2.75, 3.05) is 6.54 Å². The molecule has 1 saturated heterocycles. The van der Waals surface area contributed by atoms with Crippen LogP contribution < -0.4 is 0 Å². The molecule has 1 aromatic carbocycles. The molecule has 3 rings (SSSR count). The second kappa shape index (κ2) is 7.32. The normalized spacial score (nSPS) is 18.6. The number of hydrogen-bond acceptors (Lipinski definition) is 3. The average molecular weight is 345 g/mol. The number of aromatic nitrogens is 1. The Labute approximate surface area is 147 Å². The standard InChI is InChI=1S/C19H21ClN2O2/c1-13-16(9-10-18(20)21-13)19(24)22-11-5-8-15(22)12-17(23)14-6-3-2-4-7-14/h2-4,6-7,9-10,15,17,23H,5,8,11-12H2,1H3. The molecule has 1 aromatic heterocycles. The van der Waals surface area contributed by atoms with Crippen LogP contribution in [0.3, 0.4) is 0 Å². The van der Waals surface area contributed by atoms with E-state index in [0.717, 1.165) is 18.4 Å². The number of rotatable bonds is 4. The van der Waals surface area contributed by atoms with E-state index in [0.29, 0.717) is 29.4 Å². The van der Waals surface area contributed by atoms with Gasteiger partial charge in [0.15, 0.2) is 0 Å². The minimum atomic E-state index is -0.561. The van der Waals surface area contributed by atoms with Gasteiger partial charge in [0.2, 0.25) is 0 Å². The van der Waals surface area contributed by atoms with Gasteiger partial charge in [0, 0.05) is 12.6 Å². The number of carbonyl (C=O) groups excluding carboxylic acids is 1. The van der Waals surface area contributed by atoms with Crippen LogP contribution in [0.5, 0.6) is 0 Å². The third-order valence-electron chi connectivity index (χ3n) is 4.60. The molecular weight excluding hydrogens is 324 g/mol. The zero-order chi connectivity index (χ0) is 17.1. The van der Waals surface area contributed by atoms with Gasteiger partial charge in [-0.1, -0.05) is 41.9 Å². The summed E-state index contributed by atoms with van der Waals surface area (Å²) in [6.07, 6.45) is 1.86. The number of amides is 1. The fourth-order valence-corrected chi connectivity index (χ4v) is 3.52. The zero-order valence-corrected chi connectivity index (χ0v) is 14.4. The van der Waals surface area contributed by atoms with Crippen molar-refractivity contribution < 1.29 is 9.90 Å². The van der Waals surface area contributed by atoms with Crippen molar-refractivity contribution in [3.05, 3.63) is 64.4 Å². The highest BCUT2D eigenvalue weighted by Gasteiger charge is 2.32. The van der Waals surface area contributed by atoms with Crippen LogP contribution in [0.2, 0.25) is 5.15 Å². The monoisotopic (exact) mass is 344 g/mol. The number of aliphatic hydroxyl groups is 1. The van der Waals surface area contributed by atoms with Gasteiger partial charge in [-0.25, -0.2) is 4.98 Å². The lowest BCUT2D eigenvalue weighted by Gasteiger charge is -2.27. The molecule has 1 aliphatic rings. The van der Waals surface area contributed by atoms with E-state index in [1.54, 1.807) is 19.1 Å². The molecule has 0 bridgehead atoms. The number of halogens is 1. The summed E-state index contributed by atoms with van der Waals surface area (Å²) in [4.78, 5) is 18.9. The molecule has 126 valence electrons. The van der Waals surface area contributed by atoms with Crippen LogP contribution in [0.1, 0.15) is 47.0 Å². The summed E-state index contributed by atoms with van der Waals surface area (Å²) >= 11 is 5.88. The van der Waals surface area contributed by atoms with Crippen molar-refractivity contribution >= 4 is 17.5 Å². The van der Waals surface area contributed by atoms with Crippen LogP contribution >= 0.6 is 11.6 Å². The summed E-state index contributed by atoms with van der Waals surface area (Å²) in [6.45, 7) is 2.51. The van der Waals surface area contributed by atoms with Crippen molar-refractivity contribution in [2.45, 2.75) is 38.3 Å². The van der Waals surface area contributed by atoms with Crippen molar-refractivity contribution in [3.8, 4) is 0 Å². The molecule has 0 aliphatic carbocycles. The maximum absolute atomic E-state index is 12.9. The largest absolute Gasteiger partial charge is 0.388 e. The van der Waals surface area contributed by atoms with Crippen LogP contribution in [-0.4, -0.2) is 33.5 Å². The van der Waals surface area contributed by atoms with Gasteiger partial charge >= 0.3 is 0 Å². The van der Waals surface area contributed by atoms with Gasteiger partial charge in [-0.2, -0.15) is 0 Å². The lowest BCUT2D eigenvalue weighted by Crippen LogP contribution is -2.37. The zero-order valence-electron chi connectivity index (χ0n) is 13.7. The first kappa shape index (κ1) is 16.9. The molecule has 2 unspecified atom stereocenters. The van der Waals surface area contributed by atoms with Crippen LogP contribution in [0.15, 0.2) is 42.5 Å². The lowest BCUT2D eigenvalue weighted by molar-refractivity contribution is 0.0666. The minimum Gasteiger partial charge on any atom is -0.388 e. The van der Waals surface area contributed by atoms with E-state index in [9.17, 15) is 9.90 Å². The number of hydrogen-bond donors (Lipinski definition) is 1. The molecule has 4 nitrogen and oxygen atoms in total. The summed E-state index contributed by atoms with van der Waals surface area (Å²) in [6, 6.07) is 13.0. The predicted octanol–water partition coefficient (Wildman–Crippen LogP) is 3.77. The average Bonchev–Trinajstić information content (AvgIpc) is 3.03. The van der Waals surface area contributed by atoms with E-state index in [4.69, 9.17) is 11.6 Å². The summed E-state index contributed by atoms with van der Waals surface area (Å²) in [5, 5.41) is 10.9. The Morgan fingerprint density at radius 1 is 1.33 bits per heavy atom. The van der Waals surface area contributed by atoms with Crippen LogP contribution in [0, 0.1) is 6.92 Å². The van der Waals surface area contributed by atoms with Crippen LogP contribution in [0.25, 0.3) is 0 Å². The van der Waals surface area contributed by atoms with E-state index < -0.39 is 6.10 Å². The third-order valence-corrected chi connectivity index (χ3v) is 4.81. The molecule has 2 atom stereocenters. The highest BCUT2D eigenvalue weighted by atomic mass is 35.5. The van der Waals surface area contributed by atoms with Gasteiger partial charge in [-0.05, 0) is 43.9 Å². The SMILES string of the molecule is Cc1nc(Cl)ccc1C(=O)N1CCCC1CC(O)c1ccccc1. The van der Waals surface area contributed by atoms with Gasteiger partial charge < -0.3 is 10.0 Å². The second-order valence-electron chi connectivity index (χ2n) is 6.22. The lowest BCUT2D eigenvalue weighted by atomic mass is 10.00. The summed E-state index contributed by atoms with van der Waals surface area (Å²) in [7, 11) is 0. The molecule has 0 saturated carbocycles. The van der Waals surface area contributed by atoms with Gasteiger partial charge in [-0.3, -0.25) is 4.79 Å². The first-order valence-corrected chi connectivity index (χ1v) is 8.61. The first-order valence-electron chi connectivity index (χ1n) is 8.23. The van der Waals surface area contributed by atoms with Gasteiger partial charge in [0.25, 0.3) is 5.91 Å². The third kappa shape index (κ3) is 3.60. The number of benzene rings is 1. The molecule has 1 N–H and O–H groups in total. The van der Waals surface area contributed by atoms with E-state index in [2.05, 4.69) is 4.98 Å². The predicted molar refractivity (Wildman–Crippen MR) is 94.1 cm³/mol. The molecule has 24 heavy (non-hydrogen) atoms. The quantitative estimate of drug-likeness (QED) is 0.859. The number of pyridine rings is 1. The van der Waals surface area contributed by atoms with Gasteiger partial charge in [0.1, 0.15) is 5.15 Å². The number of carbonyl (C=O) groups is 1. The Hall–Kier alpha value is -1.91. The Morgan fingerprint density at radius 3 is 2.79 bits per heavy atom. The Kier molecular flexibility index (Phi) is 5.17. The van der Waals surface area contributed by atoms with E-state index in [-0.39, 0.29) is 11.9 Å². The Balaban J connectivity index is 1.74. The molecule has 2 heterocycles. The maximum Gasteiger partial charge on any atom is 0.255 e. The van der Waals surface area contributed by atoms with Crippen molar-refractivity contribution in [1.82, 2.24) is 9.88 Å². The van der Waals surface area contributed by atoms with Crippen molar-refractivity contribution in [3.63, 3.8) is 0 Å². The molecule has 0 radical (unpaired) electrons. The fourth-order valence-electron chi connectivity index (χ4n) is 3.33. The molecule has 1 aliphatic heterocycles. The van der Waals surface area contributed by atoms with Crippen LogP contribution in [0.4, 0.5) is 0 Å². The highest BCUT2D eigenvalue weighted by Crippen LogP contribution is 2.29. The van der Waals surface area contributed by atoms with Crippen molar-refractivity contribution in [2.24, 2.45) is 0 Å². The number of nitrogens with zero attached hydrogens (tertiary/aromatic N) is 2. The van der Waals surface area contributed by atoms with Gasteiger partial charge in [-0.15, -0.1) is 0 Å². The minimum absolute atomic E-state index is 0.0283. The fraction of sp³-hybridized carbons (Fsp3) is 0.368.